The molecule has 5 nitrogen and oxygen atoms in total. The summed E-state index contributed by atoms with van der Waals surface area (Å²) < 4.78 is 1.42. The van der Waals surface area contributed by atoms with Gasteiger partial charge in [0.05, 0.1) is 6.20 Å². The summed E-state index contributed by atoms with van der Waals surface area (Å²) in [4.78, 5) is 14.9. The van der Waals surface area contributed by atoms with E-state index in [2.05, 4.69) is 46.5 Å². The molecule has 23 heavy (non-hydrogen) atoms. The van der Waals surface area contributed by atoms with Crippen LogP contribution in [0.15, 0.2) is 36.7 Å². The summed E-state index contributed by atoms with van der Waals surface area (Å²) in [5.41, 5.74) is 3.27. The summed E-state index contributed by atoms with van der Waals surface area (Å²) in [6.07, 6.45) is 5.91. The van der Waals surface area contributed by atoms with Crippen molar-refractivity contribution in [2.24, 2.45) is 5.92 Å². The second kappa shape index (κ2) is 5.81. The Morgan fingerprint density at radius 3 is 2.83 bits per heavy atom. The van der Waals surface area contributed by atoms with Crippen molar-refractivity contribution < 1.29 is 4.79 Å². The maximum absolute atomic E-state index is 12.4. The van der Waals surface area contributed by atoms with Crippen LogP contribution in [0.1, 0.15) is 18.4 Å². The number of nitrogens with zero attached hydrogens (tertiary/aromatic N) is 3. The fourth-order valence-electron chi connectivity index (χ4n) is 3.73. The molecule has 2 aliphatic heterocycles. The first kappa shape index (κ1) is 14.5. The fourth-order valence-corrected chi connectivity index (χ4v) is 3.73. The molecular formula is C18H22N4O. The van der Waals surface area contributed by atoms with Crippen molar-refractivity contribution in [3.63, 3.8) is 0 Å². The number of aryl methyl sites for hydroxylation is 1. The first-order valence-corrected chi connectivity index (χ1v) is 8.32. The minimum atomic E-state index is -0.129. The highest BCUT2D eigenvalue weighted by molar-refractivity contribution is 5.77. The molecule has 1 aromatic heterocycles. The molecule has 2 aliphatic rings. The minimum absolute atomic E-state index is 0.129. The van der Waals surface area contributed by atoms with Gasteiger partial charge < -0.3 is 10.2 Å². The molecule has 2 fully saturated rings. The van der Waals surface area contributed by atoms with Crippen LogP contribution >= 0.6 is 0 Å². The lowest BCUT2D eigenvalue weighted by molar-refractivity contribution is 0.204. The Bertz CT molecular complexity index is 694. The Labute approximate surface area is 136 Å². The third kappa shape index (κ3) is 3.01. The highest BCUT2D eigenvalue weighted by Gasteiger charge is 2.33. The monoisotopic (exact) mass is 310 g/mol. The molecule has 1 N–H and O–H groups in total. The molecule has 2 bridgehead atoms. The van der Waals surface area contributed by atoms with Crippen LogP contribution < -0.4 is 5.32 Å². The van der Waals surface area contributed by atoms with Gasteiger partial charge in [0.2, 0.25) is 0 Å². The van der Waals surface area contributed by atoms with Gasteiger partial charge in [0.15, 0.2) is 0 Å². The number of benzene rings is 1. The number of fused-ring (bicyclic) bond motifs is 2. The topological polar surface area (TPSA) is 50.2 Å². The summed E-state index contributed by atoms with van der Waals surface area (Å²) in [5.74, 6) is 0.745. The molecule has 0 aliphatic carbocycles. The van der Waals surface area contributed by atoms with Gasteiger partial charge in [-0.25, -0.2) is 4.79 Å². The molecule has 0 saturated carbocycles. The third-order valence-corrected chi connectivity index (χ3v) is 4.97. The molecule has 2 saturated heterocycles. The number of nitrogens with one attached hydrogen (secondary N) is 1. The zero-order valence-electron chi connectivity index (χ0n) is 13.4. The van der Waals surface area contributed by atoms with Gasteiger partial charge in [-0.2, -0.15) is 9.78 Å². The van der Waals surface area contributed by atoms with Crippen LogP contribution in [0.4, 0.5) is 4.79 Å². The predicted octanol–water partition coefficient (Wildman–Crippen LogP) is 2.51. The highest BCUT2D eigenvalue weighted by Crippen LogP contribution is 2.26. The van der Waals surface area contributed by atoms with E-state index in [1.807, 2.05) is 0 Å². The van der Waals surface area contributed by atoms with Crippen molar-refractivity contribution in [1.29, 1.82) is 0 Å². The van der Waals surface area contributed by atoms with Crippen LogP contribution in [0.25, 0.3) is 11.1 Å². The van der Waals surface area contributed by atoms with Gasteiger partial charge in [-0.3, -0.25) is 0 Å². The molecule has 2 aromatic rings. The molecule has 3 atom stereocenters. The maximum Gasteiger partial charge on any atom is 0.342 e. The number of piperidine rings is 1. The number of aromatic nitrogens is 2. The van der Waals surface area contributed by atoms with Gasteiger partial charge >= 0.3 is 6.03 Å². The third-order valence-electron chi connectivity index (χ3n) is 4.97. The van der Waals surface area contributed by atoms with E-state index in [-0.39, 0.29) is 12.1 Å². The lowest BCUT2D eigenvalue weighted by atomic mass is 9.97. The van der Waals surface area contributed by atoms with Gasteiger partial charge in [0.1, 0.15) is 0 Å². The average molecular weight is 310 g/mol. The molecule has 5 heteroatoms. The molecule has 0 radical (unpaired) electrons. The SMILES string of the molecule is Cc1ccc(-c2cnn(C(=O)N[C@@H]3C[C@H]4CCN(C4)C3)c2)cc1. The molecule has 4 rings (SSSR count). The molecule has 3 heterocycles. The minimum Gasteiger partial charge on any atom is -0.332 e. The molecule has 120 valence electrons. The van der Waals surface area contributed by atoms with E-state index in [0.29, 0.717) is 0 Å². The average Bonchev–Trinajstić information content (AvgIpc) is 3.15. The standard InChI is InChI=1S/C18H22N4O/c1-13-2-4-15(5-3-13)16-9-19-22(11-16)18(23)20-17-8-14-6-7-21(10-14)12-17/h2-5,9,11,14,17H,6-8,10,12H2,1H3,(H,20,23)/t14-,17-/m1/s1. The van der Waals surface area contributed by atoms with Crippen LogP contribution in [-0.2, 0) is 0 Å². The quantitative estimate of drug-likeness (QED) is 0.927. The van der Waals surface area contributed by atoms with Gasteiger partial charge in [0.25, 0.3) is 0 Å². The Morgan fingerprint density at radius 2 is 2.04 bits per heavy atom. The van der Waals surface area contributed by atoms with E-state index in [0.717, 1.165) is 30.0 Å². The fraction of sp³-hybridized carbons (Fsp3) is 0.444. The maximum atomic E-state index is 12.4. The molecule has 0 spiro atoms. The number of hydrogen-bond acceptors (Lipinski definition) is 3. The Balaban J connectivity index is 1.44. The summed E-state index contributed by atoms with van der Waals surface area (Å²) in [5, 5.41) is 7.35. The zero-order valence-corrected chi connectivity index (χ0v) is 13.4. The summed E-state index contributed by atoms with van der Waals surface area (Å²) in [6, 6.07) is 8.37. The van der Waals surface area contributed by atoms with Gasteiger partial charge in [0, 0.05) is 30.9 Å². The second-order valence-corrected chi connectivity index (χ2v) is 6.84. The lowest BCUT2D eigenvalue weighted by Crippen LogP contribution is -2.48. The Kier molecular flexibility index (Phi) is 3.65. The largest absolute Gasteiger partial charge is 0.342 e. The second-order valence-electron chi connectivity index (χ2n) is 6.84. The summed E-state index contributed by atoms with van der Waals surface area (Å²) in [6.45, 7) is 5.41. The smallest absolute Gasteiger partial charge is 0.332 e. The zero-order chi connectivity index (χ0) is 15.8. The lowest BCUT2D eigenvalue weighted by Gasteiger charge is -2.30. The van der Waals surface area contributed by atoms with Crippen LogP contribution in [-0.4, -0.2) is 46.4 Å². The molecular weight excluding hydrogens is 288 g/mol. The van der Waals surface area contributed by atoms with Gasteiger partial charge in [-0.1, -0.05) is 29.8 Å². The first-order valence-electron chi connectivity index (χ1n) is 8.32. The molecule has 1 unspecified atom stereocenters. The highest BCUT2D eigenvalue weighted by atomic mass is 16.2. The number of hydrogen-bond donors (Lipinski definition) is 1. The van der Waals surface area contributed by atoms with Crippen molar-refractivity contribution in [3.05, 3.63) is 42.2 Å². The van der Waals surface area contributed by atoms with E-state index in [4.69, 9.17) is 0 Å². The van der Waals surface area contributed by atoms with E-state index >= 15 is 0 Å². The predicted molar refractivity (Wildman–Crippen MR) is 89.3 cm³/mol. The summed E-state index contributed by atoms with van der Waals surface area (Å²) >= 11 is 0. The van der Waals surface area contributed by atoms with Crippen molar-refractivity contribution in [1.82, 2.24) is 20.0 Å². The Hall–Kier alpha value is -2.14. The number of carbonyl (C=O) groups excluding carboxylic acids is 1. The Morgan fingerprint density at radius 1 is 1.22 bits per heavy atom. The number of amides is 1. The molecule has 1 amide bonds. The van der Waals surface area contributed by atoms with Crippen LogP contribution in [0.2, 0.25) is 0 Å². The van der Waals surface area contributed by atoms with Crippen LogP contribution in [0.5, 0.6) is 0 Å². The van der Waals surface area contributed by atoms with Crippen molar-refractivity contribution >= 4 is 6.03 Å². The first-order chi connectivity index (χ1) is 11.2. The van der Waals surface area contributed by atoms with E-state index in [1.165, 1.54) is 29.8 Å². The van der Waals surface area contributed by atoms with Crippen molar-refractivity contribution in [3.8, 4) is 11.1 Å². The summed E-state index contributed by atoms with van der Waals surface area (Å²) in [7, 11) is 0. The normalized spacial score (nSPS) is 26.2. The van der Waals surface area contributed by atoms with Gasteiger partial charge in [-0.05, 0) is 37.8 Å². The number of rotatable bonds is 2. The van der Waals surface area contributed by atoms with E-state index in [9.17, 15) is 4.79 Å². The molecule has 1 aromatic carbocycles. The van der Waals surface area contributed by atoms with Crippen LogP contribution in [0.3, 0.4) is 0 Å². The van der Waals surface area contributed by atoms with Crippen LogP contribution in [0, 0.1) is 12.8 Å². The van der Waals surface area contributed by atoms with E-state index in [1.54, 1.807) is 12.4 Å². The van der Waals surface area contributed by atoms with Crippen molar-refractivity contribution in [2.45, 2.75) is 25.8 Å². The van der Waals surface area contributed by atoms with Crippen molar-refractivity contribution in [2.75, 3.05) is 19.6 Å². The van der Waals surface area contributed by atoms with E-state index < -0.39 is 0 Å². The number of carbonyl (C=O) groups is 1. The van der Waals surface area contributed by atoms with Gasteiger partial charge in [-0.15, -0.1) is 0 Å².